The predicted octanol–water partition coefficient (Wildman–Crippen LogP) is 1.52. The molecule has 0 aromatic heterocycles. The molecule has 1 aromatic rings. The Morgan fingerprint density at radius 2 is 1.78 bits per heavy atom. The molecule has 1 atom stereocenters. The second-order valence-corrected chi connectivity index (χ2v) is 6.64. The Bertz CT molecular complexity index is 627. The Labute approximate surface area is 158 Å². The fraction of sp³-hybridized carbons (Fsp3) is 0.526. The highest BCUT2D eigenvalue weighted by molar-refractivity contribution is 6.27. The van der Waals surface area contributed by atoms with Gasteiger partial charge in [0.1, 0.15) is 18.5 Å². The molecule has 1 aliphatic rings. The van der Waals surface area contributed by atoms with Gasteiger partial charge in [-0.15, -0.1) is 0 Å². The summed E-state index contributed by atoms with van der Waals surface area (Å²) in [5, 5.41) is 24.9. The van der Waals surface area contributed by atoms with Gasteiger partial charge in [0, 0.05) is 12.1 Å². The number of piperidine rings is 1. The Morgan fingerprint density at radius 1 is 1.19 bits per heavy atom. The Balaban J connectivity index is 0.000000527. The highest BCUT2D eigenvalue weighted by Crippen LogP contribution is 2.17. The molecule has 1 aliphatic heterocycles. The second kappa shape index (κ2) is 11.3. The predicted molar refractivity (Wildman–Crippen MR) is 98.1 cm³/mol. The number of carbonyl (C=O) groups excluding carboxylic acids is 1. The summed E-state index contributed by atoms with van der Waals surface area (Å²) in [6.07, 6.45) is 1.90. The number of ketones is 1. The number of aliphatic hydroxyl groups is 1. The van der Waals surface area contributed by atoms with Crippen molar-refractivity contribution in [3.05, 3.63) is 29.8 Å². The standard InChI is InChI=1S/C17H25NO3.C2H2O4/c1-13-6-8-18(9-7-13)11-16(20)12-21-17-5-3-4-15(10-17)14(2)19;3-1(4)2(5)6/h3-5,10,13,16,20H,6-9,11-12H2,1-2H3;(H,3,4)(H,5,6). The van der Waals surface area contributed by atoms with Crippen molar-refractivity contribution in [3.63, 3.8) is 0 Å². The summed E-state index contributed by atoms with van der Waals surface area (Å²) >= 11 is 0. The number of ether oxygens (including phenoxy) is 1. The Hall–Kier alpha value is -2.45. The molecule has 27 heavy (non-hydrogen) atoms. The lowest BCUT2D eigenvalue weighted by Crippen LogP contribution is -2.40. The summed E-state index contributed by atoms with van der Waals surface area (Å²) in [5.74, 6) is -2.20. The highest BCUT2D eigenvalue weighted by atomic mass is 16.5. The quantitative estimate of drug-likeness (QED) is 0.500. The number of carbonyl (C=O) groups is 3. The van der Waals surface area contributed by atoms with Crippen LogP contribution in [0.15, 0.2) is 24.3 Å². The monoisotopic (exact) mass is 381 g/mol. The minimum atomic E-state index is -1.82. The van der Waals surface area contributed by atoms with E-state index in [1.807, 2.05) is 6.07 Å². The van der Waals surface area contributed by atoms with Crippen molar-refractivity contribution in [2.75, 3.05) is 26.2 Å². The lowest BCUT2D eigenvalue weighted by molar-refractivity contribution is -0.159. The topological polar surface area (TPSA) is 124 Å². The molecule has 3 N–H and O–H groups in total. The normalized spacial score (nSPS) is 16.0. The zero-order valence-electron chi connectivity index (χ0n) is 15.6. The molecule has 1 saturated heterocycles. The summed E-state index contributed by atoms with van der Waals surface area (Å²) in [5.41, 5.74) is 0.631. The van der Waals surface area contributed by atoms with Gasteiger partial charge < -0.3 is 25.0 Å². The zero-order valence-corrected chi connectivity index (χ0v) is 15.6. The summed E-state index contributed by atoms with van der Waals surface area (Å²) in [6.45, 7) is 6.83. The number of β-amino-alcohol motifs (C(OH)–C–C–N with tert-alkyl or cyclic N) is 1. The lowest BCUT2D eigenvalue weighted by atomic mass is 9.99. The molecular formula is C19H27NO7. The molecule has 1 heterocycles. The zero-order chi connectivity index (χ0) is 20.4. The van der Waals surface area contributed by atoms with Crippen molar-refractivity contribution in [1.29, 1.82) is 0 Å². The van der Waals surface area contributed by atoms with Crippen LogP contribution in [0.25, 0.3) is 0 Å². The van der Waals surface area contributed by atoms with Gasteiger partial charge in [0.2, 0.25) is 0 Å². The molecule has 0 saturated carbocycles. The third-order valence-electron chi connectivity index (χ3n) is 4.21. The molecule has 150 valence electrons. The summed E-state index contributed by atoms with van der Waals surface area (Å²) in [7, 11) is 0. The van der Waals surface area contributed by atoms with E-state index in [-0.39, 0.29) is 12.4 Å². The summed E-state index contributed by atoms with van der Waals surface area (Å²) in [6, 6.07) is 7.09. The molecule has 8 heteroatoms. The number of carboxylic acid groups (broad SMARTS) is 2. The van der Waals surface area contributed by atoms with Crippen molar-refractivity contribution in [3.8, 4) is 5.75 Å². The second-order valence-electron chi connectivity index (χ2n) is 6.64. The maximum absolute atomic E-state index is 11.3. The van der Waals surface area contributed by atoms with E-state index in [1.165, 1.54) is 19.8 Å². The Kier molecular flexibility index (Phi) is 9.46. The molecule has 2 rings (SSSR count). The maximum atomic E-state index is 11.3. The van der Waals surface area contributed by atoms with Crippen molar-refractivity contribution in [1.82, 2.24) is 4.90 Å². The van der Waals surface area contributed by atoms with Crippen LogP contribution in [0.5, 0.6) is 5.75 Å². The molecule has 0 aliphatic carbocycles. The van der Waals surface area contributed by atoms with Crippen molar-refractivity contribution < 1.29 is 34.4 Å². The van der Waals surface area contributed by atoms with Gasteiger partial charge in [-0.25, -0.2) is 9.59 Å². The third-order valence-corrected chi connectivity index (χ3v) is 4.21. The van der Waals surface area contributed by atoms with Crippen LogP contribution in [0.1, 0.15) is 37.0 Å². The van der Waals surface area contributed by atoms with E-state index in [4.69, 9.17) is 24.5 Å². The average molecular weight is 381 g/mol. The van der Waals surface area contributed by atoms with Gasteiger partial charge in [-0.1, -0.05) is 19.1 Å². The minimum Gasteiger partial charge on any atom is -0.491 e. The first-order chi connectivity index (χ1) is 12.7. The van der Waals surface area contributed by atoms with Crippen LogP contribution in [-0.2, 0) is 9.59 Å². The number of aliphatic carboxylic acids is 2. The number of hydrogen-bond donors (Lipinski definition) is 3. The van der Waals surface area contributed by atoms with E-state index in [0.29, 0.717) is 17.9 Å². The number of Topliss-reactive ketones (excluding diaryl/α,β-unsaturated/α-hetero) is 1. The van der Waals surface area contributed by atoms with Gasteiger partial charge in [-0.05, 0) is 50.9 Å². The highest BCUT2D eigenvalue weighted by Gasteiger charge is 2.18. The number of likely N-dealkylation sites (tertiary alicyclic amines) is 1. The van der Waals surface area contributed by atoms with E-state index >= 15 is 0 Å². The molecule has 1 unspecified atom stereocenters. The number of hydrogen-bond acceptors (Lipinski definition) is 6. The van der Waals surface area contributed by atoms with Crippen LogP contribution in [-0.4, -0.2) is 70.3 Å². The van der Waals surface area contributed by atoms with Crippen LogP contribution >= 0.6 is 0 Å². The van der Waals surface area contributed by atoms with Crippen LogP contribution in [0.3, 0.4) is 0 Å². The molecule has 1 fully saturated rings. The van der Waals surface area contributed by atoms with E-state index < -0.39 is 18.0 Å². The molecular weight excluding hydrogens is 354 g/mol. The molecule has 1 aromatic carbocycles. The number of nitrogens with zero attached hydrogens (tertiary/aromatic N) is 1. The van der Waals surface area contributed by atoms with Crippen LogP contribution in [0.4, 0.5) is 0 Å². The average Bonchev–Trinajstić information content (AvgIpc) is 2.62. The fourth-order valence-electron chi connectivity index (χ4n) is 2.59. The third kappa shape index (κ3) is 9.16. The maximum Gasteiger partial charge on any atom is 0.414 e. The summed E-state index contributed by atoms with van der Waals surface area (Å²) in [4.78, 5) is 31.8. The molecule has 0 bridgehead atoms. The van der Waals surface area contributed by atoms with E-state index in [9.17, 15) is 9.90 Å². The molecule has 0 radical (unpaired) electrons. The van der Waals surface area contributed by atoms with Crippen molar-refractivity contribution >= 4 is 17.7 Å². The number of carboxylic acids is 2. The van der Waals surface area contributed by atoms with Gasteiger partial charge in [-0.2, -0.15) is 0 Å². The van der Waals surface area contributed by atoms with Gasteiger partial charge >= 0.3 is 11.9 Å². The van der Waals surface area contributed by atoms with Crippen molar-refractivity contribution in [2.45, 2.75) is 32.8 Å². The first-order valence-electron chi connectivity index (χ1n) is 8.79. The van der Waals surface area contributed by atoms with Gasteiger partial charge in [0.15, 0.2) is 5.78 Å². The van der Waals surface area contributed by atoms with Gasteiger partial charge in [0.05, 0.1) is 0 Å². The number of rotatable bonds is 6. The van der Waals surface area contributed by atoms with Crippen LogP contribution in [0, 0.1) is 5.92 Å². The van der Waals surface area contributed by atoms with E-state index in [1.54, 1.807) is 18.2 Å². The largest absolute Gasteiger partial charge is 0.491 e. The minimum absolute atomic E-state index is 0.0171. The SMILES string of the molecule is CC(=O)c1cccc(OCC(O)CN2CCC(C)CC2)c1.O=C(O)C(=O)O. The van der Waals surface area contributed by atoms with Gasteiger partial charge in [-0.3, -0.25) is 4.79 Å². The summed E-state index contributed by atoms with van der Waals surface area (Å²) < 4.78 is 5.59. The number of aliphatic hydroxyl groups excluding tert-OH is 1. The Morgan fingerprint density at radius 3 is 2.30 bits per heavy atom. The lowest BCUT2D eigenvalue weighted by Gasteiger charge is -2.31. The first kappa shape index (κ1) is 22.6. The van der Waals surface area contributed by atoms with E-state index in [0.717, 1.165) is 19.0 Å². The molecule has 0 spiro atoms. The first-order valence-corrected chi connectivity index (χ1v) is 8.79. The smallest absolute Gasteiger partial charge is 0.414 e. The number of benzene rings is 1. The van der Waals surface area contributed by atoms with Crippen molar-refractivity contribution in [2.24, 2.45) is 5.92 Å². The van der Waals surface area contributed by atoms with Crippen LogP contribution < -0.4 is 4.74 Å². The van der Waals surface area contributed by atoms with E-state index in [2.05, 4.69) is 11.8 Å². The molecule has 8 nitrogen and oxygen atoms in total. The van der Waals surface area contributed by atoms with Crippen LogP contribution in [0.2, 0.25) is 0 Å². The fourth-order valence-corrected chi connectivity index (χ4v) is 2.59. The van der Waals surface area contributed by atoms with Gasteiger partial charge in [0.25, 0.3) is 0 Å². The molecule has 0 amide bonds.